The van der Waals surface area contributed by atoms with Crippen LogP contribution in [0.3, 0.4) is 0 Å². The first-order chi connectivity index (χ1) is 13.1. The summed E-state index contributed by atoms with van der Waals surface area (Å²) in [6.45, 7) is 1.79. The molecule has 1 amide bonds. The molecule has 0 aromatic heterocycles. The Morgan fingerprint density at radius 1 is 1.15 bits per heavy atom. The van der Waals surface area contributed by atoms with Crippen LogP contribution in [0.15, 0.2) is 42.5 Å². The van der Waals surface area contributed by atoms with Crippen LogP contribution in [0.4, 0.5) is 8.78 Å². The van der Waals surface area contributed by atoms with Gasteiger partial charge in [-0.05, 0) is 49.7 Å². The molecule has 1 saturated heterocycles. The second kappa shape index (κ2) is 8.95. The van der Waals surface area contributed by atoms with Crippen LogP contribution in [0.5, 0.6) is 5.75 Å². The van der Waals surface area contributed by atoms with Crippen LogP contribution in [0.1, 0.15) is 24.0 Å². The number of nitrogens with one attached hydrogen (secondary N) is 1. The van der Waals surface area contributed by atoms with Crippen molar-refractivity contribution in [2.45, 2.75) is 31.8 Å². The SMILES string of the molecule is COc1ccc(CC(=O)N(Cc2ccc(F)cc2F)C2CCNCC2)cc1. The number of carbonyl (C=O) groups is 1. The molecule has 0 unspecified atom stereocenters. The molecule has 6 heteroatoms. The van der Waals surface area contributed by atoms with Crippen molar-refractivity contribution in [1.29, 1.82) is 0 Å². The summed E-state index contributed by atoms with van der Waals surface area (Å²) in [6.07, 6.45) is 1.87. The summed E-state index contributed by atoms with van der Waals surface area (Å²) in [7, 11) is 1.59. The molecule has 2 aromatic rings. The Morgan fingerprint density at radius 3 is 2.48 bits per heavy atom. The van der Waals surface area contributed by atoms with Crippen molar-refractivity contribution < 1.29 is 18.3 Å². The molecule has 1 aliphatic heterocycles. The van der Waals surface area contributed by atoms with Gasteiger partial charge in [-0.3, -0.25) is 4.79 Å². The number of hydrogen-bond acceptors (Lipinski definition) is 3. The monoisotopic (exact) mass is 374 g/mol. The summed E-state index contributed by atoms with van der Waals surface area (Å²) in [5, 5.41) is 3.28. The van der Waals surface area contributed by atoms with E-state index in [4.69, 9.17) is 4.74 Å². The molecule has 27 heavy (non-hydrogen) atoms. The lowest BCUT2D eigenvalue weighted by Gasteiger charge is -2.35. The lowest BCUT2D eigenvalue weighted by molar-refractivity contribution is -0.134. The fourth-order valence-electron chi connectivity index (χ4n) is 3.39. The third kappa shape index (κ3) is 5.04. The normalized spacial score (nSPS) is 14.8. The van der Waals surface area contributed by atoms with Gasteiger partial charge in [0.25, 0.3) is 0 Å². The van der Waals surface area contributed by atoms with E-state index in [-0.39, 0.29) is 24.9 Å². The molecule has 1 heterocycles. The van der Waals surface area contributed by atoms with Crippen LogP contribution in [0, 0.1) is 11.6 Å². The number of rotatable bonds is 6. The quantitative estimate of drug-likeness (QED) is 0.844. The van der Waals surface area contributed by atoms with Crippen molar-refractivity contribution in [1.82, 2.24) is 10.2 Å². The largest absolute Gasteiger partial charge is 0.497 e. The second-order valence-electron chi connectivity index (χ2n) is 6.76. The molecular formula is C21H24F2N2O2. The number of methoxy groups -OCH3 is 1. The van der Waals surface area contributed by atoms with Crippen LogP contribution >= 0.6 is 0 Å². The Hall–Kier alpha value is -2.47. The van der Waals surface area contributed by atoms with Gasteiger partial charge in [0, 0.05) is 24.2 Å². The Labute approximate surface area is 158 Å². The summed E-state index contributed by atoms with van der Waals surface area (Å²) in [5.74, 6) is -0.564. The van der Waals surface area contributed by atoms with E-state index in [1.807, 2.05) is 24.3 Å². The van der Waals surface area contributed by atoms with Crippen LogP contribution in [0.25, 0.3) is 0 Å². The third-order valence-corrected chi connectivity index (χ3v) is 4.94. The van der Waals surface area contributed by atoms with Crippen LogP contribution in [0.2, 0.25) is 0 Å². The zero-order chi connectivity index (χ0) is 19.2. The predicted octanol–water partition coefficient (Wildman–Crippen LogP) is 3.30. The second-order valence-corrected chi connectivity index (χ2v) is 6.76. The Kier molecular flexibility index (Phi) is 6.40. The molecule has 0 radical (unpaired) electrons. The Bertz CT molecular complexity index is 774. The number of hydrogen-bond donors (Lipinski definition) is 1. The molecular weight excluding hydrogens is 350 g/mol. The van der Waals surface area contributed by atoms with Gasteiger partial charge in [-0.1, -0.05) is 18.2 Å². The van der Waals surface area contributed by atoms with E-state index in [1.165, 1.54) is 12.1 Å². The van der Waals surface area contributed by atoms with Gasteiger partial charge in [0.15, 0.2) is 0 Å². The average molecular weight is 374 g/mol. The van der Waals surface area contributed by atoms with Crippen LogP contribution in [-0.4, -0.2) is 37.0 Å². The number of halogens is 2. The minimum Gasteiger partial charge on any atom is -0.497 e. The molecule has 0 spiro atoms. The summed E-state index contributed by atoms with van der Waals surface area (Å²) in [5.41, 5.74) is 1.21. The summed E-state index contributed by atoms with van der Waals surface area (Å²) in [4.78, 5) is 14.8. The number of piperidine rings is 1. The first-order valence-corrected chi connectivity index (χ1v) is 9.14. The number of carbonyl (C=O) groups excluding carboxylic acids is 1. The van der Waals surface area contributed by atoms with Gasteiger partial charge in [0.2, 0.25) is 5.91 Å². The van der Waals surface area contributed by atoms with Crippen molar-refractivity contribution in [3.63, 3.8) is 0 Å². The van der Waals surface area contributed by atoms with E-state index in [0.717, 1.165) is 43.3 Å². The zero-order valence-corrected chi connectivity index (χ0v) is 15.4. The van der Waals surface area contributed by atoms with Crippen LogP contribution in [-0.2, 0) is 17.8 Å². The standard InChI is InChI=1S/C21H24F2N2O2/c1-27-19-6-2-15(3-7-19)12-21(26)25(18-8-10-24-11-9-18)14-16-4-5-17(22)13-20(16)23/h2-7,13,18,24H,8-12,14H2,1H3. The van der Waals surface area contributed by atoms with Gasteiger partial charge >= 0.3 is 0 Å². The maximum absolute atomic E-state index is 14.1. The maximum atomic E-state index is 14.1. The number of amides is 1. The van der Waals surface area contributed by atoms with E-state index < -0.39 is 11.6 Å². The first-order valence-electron chi connectivity index (χ1n) is 9.14. The number of nitrogens with zero attached hydrogens (tertiary/aromatic N) is 1. The summed E-state index contributed by atoms with van der Waals surface area (Å²) in [6, 6.07) is 10.9. The van der Waals surface area contributed by atoms with E-state index >= 15 is 0 Å². The van der Waals surface area contributed by atoms with Crippen molar-refractivity contribution in [3.05, 3.63) is 65.2 Å². The van der Waals surface area contributed by atoms with Gasteiger partial charge in [-0.15, -0.1) is 0 Å². The van der Waals surface area contributed by atoms with Crippen molar-refractivity contribution >= 4 is 5.91 Å². The molecule has 4 nitrogen and oxygen atoms in total. The van der Waals surface area contributed by atoms with E-state index in [2.05, 4.69) is 5.32 Å². The highest BCUT2D eigenvalue weighted by atomic mass is 19.1. The van der Waals surface area contributed by atoms with E-state index in [0.29, 0.717) is 5.56 Å². The summed E-state index contributed by atoms with van der Waals surface area (Å²) < 4.78 is 32.5. The molecule has 1 aliphatic rings. The molecule has 2 aromatic carbocycles. The lowest BCUT2D eigenvalue weighted by Crippen LogP contribution is -2.46. The van der Waals surface area contributed by atoms with E-state index in [9.17, 15) is 13.6 Å². The Balaban J connectivity index is 1.78. The fourth-order valence-corrected chi connectivity index (χ4v) is 3.39. The van der Waals surface area contributed by atoms with Gasteiger partial charge in [-0.25, -0.2) is 8.78 Å². The smallest absolute Gasteiger partial charge is 0.227 e. The first kappa shape index (κ1) is 19.3. The molecule has 0 bridgehead atoms. The molecule has 0 atom stereocenters. The van der Waals surface area contributed by atoms with Gasteiger partial charge < -0.3 is 15.0 Å². The minimum atomic E-state index is -0.619. The highest BCUT2D eigenvalue weighted by molar-refractivity contribution is 5.79. The molecule has 3 rings (SSSR count). The van der Waals surface area contributed by atoms with Gasteiger partial charge in [-0.2, -0.15) is 0 Å². The highest BCUT2D eigenvalue weighted by Gasteiger charge is 2.26. The molecule has 0 saturated carbocycles. The predicted molar refractivity (Wildman–Crippen MR) is 99.5 cm³/mol. The maximum Gasteiger partial charge on any atom is 0.227 e. The van der Waals surface area contributed by atoms with Crippen LogP contribution < -0.4 is 10.1 Å². The minimum absolute atomic E-state index is 0.0430. The molecule has 144 valence electrons. The van der Waals surface area contributed by atoms with E-state index in [1.54, 1.807) is 12.0 Å². The zero-order valence-electron chi connectivity index (χ0n) is 15.4. The average Bonchev–Trinajstić information content (AvgIpc) is 2.68. The Morgan fingerprint density at radius 2 is 1.85 bits per heavy atom. The van der Waals surface area contributed by atoms with Crippen molar-refractivity contribution in [3.8, 4) is 5.75 Å². The molecule has 1 fully saturated rings. The topological polar surface area (TPSA) is 41.6 Å². The molecule has 0 aliphatic carbocycles. The van der Waals surface area contributed by atoms with Crippen molar-refractivity contribution in [2.24, 2.45) is 0 Å². The van der Waals surface area contributed by atoms with Crippen molar-refractivity contribution in [2.75, 3.05) is 20.2 Å². The lowest BCUT2D eigenvalue weighted by atomic mass is 10.0. The molecule has 1 N–H and O–H groups in total. The van der Waals surface area contributed by atoms with Gasteiger partial charge in [0.05, 0.1) is 13.5 Å². The van der Waals surface area contributed by atoms with Gasteiger partial charge in [0.1, 0.15) is 17.4 Å². The summed E-state index contributed by atoms with van der Waals surface area (Å²) >= 11 is 0. The fraction of sp³-hybridized carbons (Fsp3) is 0.381. The highest BCUT2D eigenvalue weighted by Crippen LogP contribution is 2.20. The number of benzene rings is 2. The third-order valence-electron chi connectivity index (χ3n) is 4.94. The number of ether oxygens (including phenoxy) is 1.